The Bertz CT molecular complexity index is 1310. The molecule has 3 aromatic carbocycles. The van der Waals surface area contributed by atoms with Crippen molar-refractivity contribution >= 4 is 8.58 Å². The minimum Gasteiger partial charge on any atom is -0.288 e. The van der Waals surface area contributed by atoms with Gasteiger partial charge in [0.2, 0.25) is 0 Å². The van der Waals surface area contributed by atoms with E-state index in [9.17, 15) is 5.26 Å². The van der Waals surface area contributed by atoms with Crippen LogP contribution in [0, 0.1) is 29.6 Å². The number of hydrogen-bond acceptors (Lipinski definition) is 3. The maximum Gasteiger partial charge on any atom is 0.0998 e. The summed E-state index contributed by atoms with van der Waals surface area (Å²) in [6, 6.07) is 27.1. The summed E-state index contributed by atoms with van der Waals surface area (Å²) in [5.74, 6) is 2.37. The first-order chi connectivity index (χ1) is 16.6. The summed E-state index contributed by atoms with van der Waals surface area (Å²) in [4.78, 5) is 2.47. The summed E-state index contributed by atoms with van der Waals surface area (Å²) >= 11 is 0. The Morgan fingerprint density at radius 3 is 2.41 bits per heavy atom. The van der Waals surface area contributed by atoms with E-state index in [0.717, 1.165) is 44.5 Å². The molecular formula is C30H28N3P. The van der Waals surface area contributed by atoms with Crippen molar-refractivity contribution in [1.82, 2.24) is 4.90 Å². The second-order valence-electron chi connectivity index (χ2n) is 8.46. The molecule has 1 aliphatic rings. The Balaban J connectivity index is 1.79. The van der Waals surface area contributed by atoms with Gasteiger partial charge in [0, 0.05) is 12.1 Å². The molecular weight excluding hydrogens is 433 g/mol. The average molecular weight is 462 g/mol. The highest BCUT2D eigenvalue weighted by Crippen LogP contribution is 2.38. The fraction of sp³-hybridized carbons (Fsp3) is 0.200. The first-order valence-corrected chi connectivity index (χ1v) is 12.9. The van der Waals surface area contributed by atoms with E-state index in [0.29, 0.717) is 11.1 Å². The van der Waals surface area contributed by atoms with Gasteiger partial charge in [0.05, 0.1) is 29.3 Å². The van der Waals surface area contributed by atoms with Gasteiger partial charge >= 0.3 is 0 Å². The molecule has 3 nitrogen and oxygen atoms in total. The molecule has 0 N–H and O–H groups in total. The molecule has 2 unspecified atom stereocenters. The van der Waals surface area contributed by atoms with Gasteiger partial charge in [0.1, 0.15) is 0 Å². The van der Waals surface area contributed by atoms with Gasteiger partial charge < -0.3 is 0 Å². The van der Waals surface area contributed by atoms with E-state index in [1.807, 2.05) is 42.5 Å². The number of rotatable bonds is 7. The summed E-state index contributed by atoms with van der Waals surface area (Å²) in [5, 5.41) is 19.0. The van der Waals surface area contributed by atoms with E-state index in [-0.39, 0.29) is 6.04 Å². The zero-order chi connectivity index (χ0) is 23.9. The van der Waals surface area contributed by atoms with E-state index < -0.39 is 0 Å². The van der Waals surface area contributed by atoms with Crippen molar-refractivity contribution in [2.45, 2.75) is 26.4 Å². The van der Waals surface area contributed by atoms with Crippen LogP contribution >= 0.6 is 8.58 Å². The number of benzene rings is 3. The molecule has 2 atom stereocenters. The molecule has 0 bridgehead atoms. The third-order valence-electron chi connectivity index (χ3n) is 6.29. The van der Waals surface area contributed by atoms with Crippen molar-refractivity contribution in [2.24, 2.45) is 0 Å². The zero-order valence-corrected chi connectivity index (χ0v) is 20.6. The second-order valence-corrected chi connectivity index (χ2v) is 9.57. The first kappa shape index (κ1) is 23.7. The monoisotopic (exact) mass is 461 g/mol. The molecule has 4 rings (SSSR count). The smallest absolute Gasteiger partial charge is 0.0998 e. The molecule has 0 fully saturated rings. The fourth-order valence-electron chi connectivity index (χ4n) is 4.50. The van der Waals surface area contributed by atoms with Crippen LogP contribution in [0.2, 0.25) is 0 Å². The Morgan fingerprint density at radius 2 is 1.76 bits per heavy atom. The standard InChI is InChI=1S/C30H28N3P/c1-3-33(20-24-12-10-23(18-31)11-13-24)30(27-8-6-16-34-21-27)25-14-15-26(19-32)29(17-25)28-9-5-4-7-22(28)2/h4-15,17,21,30,34H,3,16,20H2,1-2H3. The molecule has 0 saturated heterocycles. The number of hydrogen-bond donors (Lipinski definition) is 0. The maximum absolute atomic E-state index is 9.84. The second kappa shape index (κ2) is 11.1. The van der Waals surface area contributed by atoms with E-state index in [2.05, 4.69) is 73.1 Å². The predicted octanol–water partition coefficient (Wildman–Crippen LogP) is 7.10. The number of likely N-dealkylation sites (N-methyl/N-ethyl adjacent to an activating group) is 1. The lowest BCUT2D eigenvalue weighted by Gasteiger charge is -2.33. The summed E-state index contributed by atoms with van der Waals surface area (Å²) in [7, 11) is 0.782. The molecule has 34 heavy (non-hydrogen) atoms. The Kier molecular flexibility index (Phi) is 7.72. The highest BCUT2D eigenvalue weighted by Gasteiger charge is 2.24. The third-order valence-corrected chi connectivity index (χ3v) is 7.29. The summed E-state index contributed by atoms with van der Waals surface area (Å²) in [5.41, 5.74) is 8.30. The Hall–Kier alpha value is -3.49. The van der Waals surface area contributed by atoms with E-state index in [4.69, 9.17) is 5.26 Å². The molecule has 4 heteroatoms. The molecule has 168 valence electrons. The van der Waals surface area contributed by atoms with Crippen molar-refractivity contribution in [2.75, 3.05) is 12.7 Å². The summed E-state index contributed by atoms with van der Waals surface area (Å²) in [6.07, 6.45) is 5.62. The van der Waals surface area contributed by atoms with Gasteiger partial charge in [-0.1, -0.05) is 75.9 Å². The molecule has 0 aromatic heterocycles. The zero-order valence-electron chi connectivity index (χ0n) is 19.6. The van der Waals surface area contributed by atoms with E-state index in [1.54, 1.807) is 0 Å². The number of nitrogens with zero attached hydrogens (tertiary/aromatic N) is 3. The van der Waals surface area contributed by atoms with Crippen LogP contribution in [0.1, 0.15) is 40.8 Å². The highest BCUT2D eigenvalue weighted by molar-refractivity contribution is 7.42. The largest absolute Gasteiger partial charge is 0.288 e. The van der Waals surface area contributed by atoms with Gasteiger partial charge in [-0.3, -0.25) is 4.90 Å². The molecule has 0 radical (unpaired) electrons. The molecule has 0 spiro atoms. The first-order valence-electron chi connectivity index (χ1n) is 11.6. The lowest BCUT2D eigenvalue weighted by Crippen LogP contribution is -2.29. The van der Waals surface area contributed by atoms with Gasteiger partial charge in [-0.2, -0.15) is 10.5 Å². The lowest BCUT2D eigenvalue weighted by atomic mass is 9.90. The average Bonchev–Trinajstić information content (AvgIpc) is 2.89. The van der Waals surface area contributed by atoms with Crippen molar-refractivity contribution in [3.8, 4) is 23.3 Å². The number of nitriles is 2. The molecule has 1 heterocycles. The molecule has 1 aliphatic heterocycles. The van der Waals surface area contributed by atoms with Crippen molar-refractivity contribution in [3.05, 3.63) is 118 Å². The van der Waals surface area contributed by atoms with Crippen molar-refractivity contribution in [1.29, 1.82) is 10.5 Å². The van der Waals surface area contributed by atoms with Crippen LogP contribution < -0.4 is 0 Å². The third kappa shape index (κ3) is 5.18. The van der Waals surface area contributed by atoms with Crippen LogP contribution in [0.25, 0.3) is 11.1 Å². The minimum absolute atomic E-state index is 0.0835. The van der Waals surface area contributed by atoms with Crippen LogP contribution in [0.4, 0.5) is 0 Å². The van der Waals surface area contributed by atoms with Crippen LogP contribution in [0.15, 0.2) is 90.3 Å². The molecule has 3 aromatic rings. The minimum atomic E-state index is 0.0835. The van der Waals surface area contributed by atoms with Gasteiger partial charge in [-0.05, 0) is 71.7 Å². The number of aryl methyl sites for hydroxylation is 1. The van der Waals surface area contributed by atoms with E-state index in [1.165, 1.54) is 16.7 Å². The van der Waals surface area contributed by atoms with Crippen LogP contribution in [-0.2, 0) is 6.54 Å². The van der Waals surface area contributed by atoms with Crippen LogP contribution in [-0.4, -0.2) is 17.6 Å². The Labute approximate surface area is 204 Å². The Morgan fingerprint density at radius 1 is 0.971 bits per heavy atom. The normalized spacial score (nSPS) is 14.4. The number of allylic oxidation sites excluding steroid dienone is 1. The maximum atomic E-state index is 9.84. The molecule has 0 amide bonds. The summed E-state index contributed by atoms with van der Waals surface area (Å²) in [6.45, 7) is 5.94. The predicted molar refractivity (Wildman–Crippen MR) is 142 cm³/mol. The van der Waals surface area contributed by atoms with Crippen molar-refractivity contribution < 1.29 is 0 Å². The quantitative estimate of drug-likeness (QED) is 0.353. The van der Waals surface area contributed by atoms with E-state index >= 15 is 0 Å². The highest BCUT2D eigenvalue weighted by atomic mass is 31.1. The van der Waals surface area contributed by atoms with Gasteiger partial charge in [0.25, 0.3) is 0 Å². The van der Waals surface area contributed by atoms with Gasteiger partial charge in [0.15, 0.2) is 0 Å². The molecule has 0 aliphatic carbocycles. The fourth-order valence-corrected chi connectivity index (χ4v) is 5.37. The van der Waals surface area contributed by atoms with Crippen LogP contribution in [0.5, 0.6) is 0 Å². The topological polar surface area (TPSA) is 50.8 Å². The van der Waals surface area contributed by atoms with Crippen LogP contribution in [0.3, 0.4) is 0 Å². The molecule has 0 saturated carbocycles. The lowest BCUT2D eigenvalue weighted by molar-refractivity contribution is 0.228. The van der Waals surface area contributed by atoms with Gasteiger partial charge in [-0.25, -0.2) is 0 Å². The summed E-state index contributed by atoms with van der Waals surface area (Å²) < 4.78 is 0. The van der Waals surface area contributed by atoms with Crippen molar-refractivity contribution in [3.63, 3.8) is 0 Å². The SMILES string of the molecule is CCN(Cc1ccc(C#N)cc1)C(C1=CPCC=C1)c1ccc(C#N)c(-c2ccccc2C)c1. The van der Waals surface area contributed by atoms with Gasteiger partial charge in [-0.15, -0.1) is 0 Å².